The number of hydrogen-bond acceptors (Lipinski definition) is 5. The molecule has 0 unspecified atom stereocenters. The van der Waals surface area contributed by atoms with Gasteiger partial charge in [-0.15, -0.1) is 0 Å². The first-order valence-corrected chi connectivity index (χ1v) is 7.31. The van der Waals surface area contributed by atoms with Gasteiger partial charge in [0.15, 0.2) is 0 Å². The van der Waals surface area contributed by atoms with Crippen LogP contribution >= 0.6 is 0 Å². The summed E-state index contributed by atoms with van der Waals surface area (Å²) in [5, 5.41) is 3.15. The number of pyridine rings is 1. The van der Waals surface area contributed by atoms with Crippen molar-refractivity contribution in [1.29, 1.82) is 0 Å². The van der Waals surface area contributed by atoms with Crippen molar-refractivity contribution in [3.05, 3.63) is 53.9 Å². The number of anilines is 1. The van der Waals surface area contributed by atoms with E-state index in [1.807, 2.05) is 0 Å². The largest absolute Gasteiger partial charge is 0.380 e. The van der Waals surface area contributed by atoms with Gasteiger partial charge in [0.1, 0.15) is 5.69 Å². The molecule has 0 aromatic carbocycles. The van der Waals surface area contributed by atoms with Crippen molar-refractivity contribution in [3.8, 4) is 11.3 Å². The van der Waals surface area contributed by atoms with Gasteiger partial charge in [-0.3, -0.25) is 19.6 Å². The minimum Gasteiger partial charge on any atom is -0.380 e. The van der Waals surface area contributed by atoms with Crippen LogP contribution in [0.2, 0.25) is 0 Å². The smallest absolute Gasteiger partial charge is 0.271 e. The number of rotatable bonds is 5. The Hall–Kier alpha value is -2.96. The van der Waals surface area contributed by atoms with Crippen LogP contribution in [0.4, 0.5) is 5.69 Å². The highest BCUT2D eigenvalue weighted by molar-refractivity contribution is 5.87. The molecule has 7 nitrogen and oxygen atoms in total. The van der Waals surface area contributed by atoms with Crippen LogP contribution in [-0.4, -0.2) is 45.4 Å². The van der Waals surface area contributed by atoms with Gasteiger partial charge in [-0.1, -0.05) is 6.58 Å². The molecule has 0 saturated carbocycles. The number of carbonyl (C=O) groups excluding carboxylic acids is 1. The molecule has 2 aromatic rings. The monoisotopic (exact) mass is 311 g/mol. The molecule has 1 fully saturated rings. The normalized spacial score (nSPS) is 14.2. The van der Waals surface area contributed by atoms with Crippen molar-refractivity contribution >= 4 is 11.6 Å². The molecule has 1 saturated heterocycles. The van der Waals surface area contributed by atoms with Crippen molar-refractivity contribution in [3.63, 3.8) is 0 Å². The predicted octanol–water partition coefficient (Wildman–Crippen LogP) is 0.888. The van der Waals surface area contributed by atoms with E-state index in [9.17, 15) is 9.59 Å². The van der Waals surface area contributed by atoms with Crippen LogP contribution in [0.5, 0.6) is 0 Å². The van der Waals surface area contributed by atoms with E-state index in [2.05, 4.69) is 26.8 Å². The number of aromatic nitrogens is 3. The number of hydrogen-bond donors (Lipinski definition) is 2. The summed E-state index contributed by atoms with van der Waals surface area (Å²) in [5.41, 5.74) is 1.79. The zero-order valence-electron chi connectivity index (χ0n) is 12.5. The molecule has 1 amide bonds. The SMILES string of the molecule is C=CC(=O)N1CC(CNc2cc(-c3cnccn3)c[nH]c2=O)C1. The first-order valence-electron chi connectivity index (χ1n) is 7.31. The van der Waals surface area contributed by atoms with Crippen LogP contribution in [0.15, 0.2) is 48.3 Å². The maximum absolute atomic E-state index is 11.9. The van der Waals surface area contributed by atoms with Crippen molar-refractivity contribution in [2.24, 2.45) is 5.92 Å². The summed E-state index contributed by atoms with van der Waals surface area (Å²) in [6, 6.07) is 1.76. The fourth-order valence-electron chi connectivity index (χ4n) is 2.47. The van der Waals surface area contributed by atoms with Crippen molar-refractivity contribution in [2.75, 3.05) is 25.0 Å². The first kappa shape index (κ1) is 15.0. The molecular formula is C16H17N5O2. The Morgan fingerprint density at radius 2 is 2.30 bits per heavy atom. The number of nitrogens with zero attached hydrogens (tertiary/aromatic N) is 3. The molecular weight excluding hydrogens is 294 g/mol. The summed E-state index contributed by atoms with van der Waals surface area (Å²) < 4.78 is 0. The molecule has 0 bridgehead atoms. The molecule has 0 spiro atoms. The van der Waals surface area contributed by atoms with Gasteiger partial charge in [0.05, 0.1) is 11.9 Å². The van der Waals surface area contributed by atoms with Gasteiger partial charge in [-0.05, 0) is 12.1 Å². The van der Waals surface area contributed by atoms with Gasteiger partial charge in [0.2, 0.25) is 5.91 Å². The summed E-state index contributed by atoms with van der Waals surface area (Å²) >= 11 is 0. The third kappa shape index (κ3) is 3.28. The third-order valence-electron chi connectivity index (χ3n) is 3.79. The highest BCUT2D eigenvalue weighted by atomic mass is 16.2. The van der Waals surface area contributed by atoms with Gasteiger partial charge in [-0.2, -0.15) is 0 Å². The lowest BCUT2D eigenvalue weighted by Crippen LogP contribution is -2.51. The second-order valence-electron chi connectivity index (χ2n) is 5.42. The topological polar surface area (TPSA) is 91.0 Å². The standard InChI is InChI=1S/C16H17N5O2/c1-2-15(22)21-9-11(10-21)6-19-13-5-12(7-20-16(13)23)14-8-17-3-4-18-14/h2-5,7-8,11,19H,1,6,9-10H2,(H,20,23). The lowest BCUT2D eigenvalue weighted by atomic mass is 10.00. The number of nitrogens with one attached hydrogen (secondary N) is 2. The Balaban J connectivity index is 1.64. The molecule has 3 rings (SSSR count). The minimum absolute atomic E-state index is 0.0521. The van der Waals surface area contributed by atoms with Gasteiger partial charge < -0.3 is 15.2 Å². The Morgan fingerprint density at radius 1 is 1.48 bits per heavy atom. The maximum Gasteiger partial charge on any atom is 0.271 e. The Kier molecular flexibility index (Phi) is 4.18. The highest BCUT2D eigenvalue weighted by Gasteiger charge is 2.28. The molecule has 0 aliphatic carbocycles. The van der Waals surface area contributed by atoms with E-state index in [0.717, 1.165) is 5.56 Å². The lowest BCUT2D eigenvalue weighted by molar-refractivity contribution is -0.131. The van der Waals surface area contributed by atoms with Crippen molar-refractivity contribution < 1.29 is 4.79 Å². The van der Waals surface area contributed by atoms with Crippen LogP contribution < -0.4 is 10.9 Å². The van der Waals surface area contributed by atoms with Crippen LogP contribution in [0.1, 0.15) is 0 Å². The van der Waals surface area contributed by atoms with Crippen LogP contribution in [0, 0.1) is 5.92 Å². The number of aromatic amines is 1. The molecule has 0 atom stereocenters. The maximum atomic E-state index is 11.9. The van der Waals surface area contributed by atoms with Crippen LogP contribution in [-0.2, 0) is 4.79 Å². The molecule has 23 heavy (non-hydrogen) atoms. The quantitative estimate of drug-likeness (QED) is 0.800. The van der Waals surface area contributed by atoms with E-state index < -0.39 is 0 Å². The molecule has 3 heterocycles. The second-order valence-corrected chi connectivity index (χ2v) is 5.42. The van der Waals surface area contributed by atoms with E-state index in [1.54, 1.807) is 35.8 Å². The van der Waals surface area contributed by atoms with Gasteiger partial charge in [-0.25, -0.2) is 0 Å². The first-order chi connectivity index (χ1) is 11.2. The average Bonchev–Trinajstić information content (AvgIpc) is 2.55. The Morgan fingerprint density at radius 3 is 3.00 bits per heavy atom. The van der Waals surface area contributed by atoms with E-state index in [4.69, 9.17) is 0 Å². The van der Waals surface area contributed by atoms with Crippen molar-refractivity contribution in [2.45, 2.75) is 0 Å². The van der Waals surface area contributed by atoms with E-state index in [-0.39, 0.29) is 11.5 Å². The van der Waals surface area contributed by atoms with E-state index in [1.165, 1.54) is 6.08 Å². The van der Waals surface area contributed by atoms with E-state index in [0.29, 0.717) is 36.9 Å². The van der Waals surface area contributed by atoms with Gasteiger partial charge in [0.25, 0.3) is 5.56 Å². The van der Waals surface area contributed by atoms with Gasteiger partial charge in [0, 0.05) is 49.7 Å². The van der Waals surface area contributed by atoms with Crippen LogP contribution in [0.25, 0.3) is 11.3 Å². The predicted molar refractivity (Wildman–Crippen MR) is 86.8 cm³/mol. The number of H-pyrrole nitrogens is 1. The molecule has 1 aliphatic heterocycles. The molecule has 2 aromatic heterocycles. The van der Waals surface area contributed by atoms with Gasteiger partial charge >= 0.3 is 0 Å². The molecule has 0 radical (unpaired) electrons. The molecule has 1 aliphatic rings. The number of likely N-dealkylation sites (tertiary alicyclic amines) is 1. The summed E-state index contributed by atoms with van der Waals surface area (Å²) in [5.74, 6) is 0.280. The number of amides is 1. The summed E-state index contributed by atoms with van der Waals surface area (Å²) in [6.07, 6.45) is 7.78. The fourth-order valence-corrected chi connectivity index (χ4v) is 2.47. The van der Waals surface area contributed by atoms with Crippen molar-refractivity contribution in [1.82, 2.24) is 19.9 Å². The Bertz CT molecular complexity index is 766. The highest BCUT2D eigenvalue weighted by Crippen LogP contribution is 2.18. The zero-order chi connectivity index (χ0) is 16.2. The fraction of sp³-hybridized carbons (Fsp3) is 0.250. The van der Waals surface area contributed by atoms with E-state index >= 15 is 0 Å². The average molecular weight is 311 g/mol. The molecule has 7 heteroatoms. The molecule has 2 N–H and O–H groups in total. The summed E-state index contributed by atoms with van der Waals surface area (Å²) in [4.78, 5) is 36.0. The second kappa shape index (κ2) is 6.43. The third-order valence-corrected chi connectivity index (χ3v) is 3.79. The number of carbonyl (C=O) groups is 1. The summed E-state index contributed by atoms with van der Waals surface area (Å²) in [6.45, 7) is 5.46. The summed E-state index contributed by atoms with van der Waals surface area (Å²) in [7, 11) is 0. The Labute approximate surface area is 133 Å². The molecule has 118 valence electrons. The van der Waals surface area contributed by atoms with Crippen LogP contribution in [0.3, 0.4) is 0 Å². The lowest BCUT2D eigenvalue weighted by Gasteiger charge is -2.38. The zero-order valence-corrected chi connectivity index (χ0v) is 12.5. The minimum atomic E-state index is -0.184.